The predicted octanol–water partition coefficient (Wildman–Crippen LogP) is 3.01. The number of aliphatic carboxylic acids is 1. The third kappa shape index (κ3) is 6.51. The summed E-state index contributed by atoms with van der Waals surface area (Å²) in [5, 5.41) is 10.5. The van der Waals surface area contributed by atoms with Gasteiger partial charge in [0.05, 0.1) is 18.8 Å². The summed E-state index contributed by atoms with van der Waals surface area (Å²) in [4.78, 5) is 16.6. The first-order valence-electron chi connectivity index (χ1n) is 13.4. The molecule has 1 fully saturated rings. The zero-order valence-electron chi connectivity index (χ0n) is 23.4. The Labute approximate surface area is 235 Å². The molecule has 2 aromatic rings. The first-order valence-corrected chi connectivity index (χ1v) is 15.0. The number of hydrogen-bond donors (Lipinski definition) is 1. The summed E-state index contributed by atoms with van der Waals surface area (Å²) in [7, 11) is 1.49. The summed E-state index contributed by atoms with van der Waals surface area (Å²) in [6.07, 6.45) is 0.645. The number of methoxy groups -OCH3 is 1. The van der Waals surface area contributed by atoms with Crippen LogP contribution in [0.5, 0.6) is 17.2 Å². The van der Waals surface area contributed by atoms with E-state index in [-0.39, 0.29) is 31.4 Å². The van der Waals surface area contributed by atoms with Gasteiger partial charge in [-0.05, 0) is 55.9 Å². The molecule has 2 aliphatic heterocycles. The molecule has 0 unspecified atom stereocenters. The second-order valence-corrected chi connectivity index (χ2v) is 12.5. The monoisotopic (exact) mass is 579 g/mol. The minimum absolute atomic E-state index is 0.00923. The van der Waals surface area contributed by atoms with E-state index in [4.69, 9.17) is 14.2 Å². The molecule has 0 radical (unpaired) electrons. The second-order valence-electron chi connectivity index (χ2n) is 10.4. The van der Waals surface area contributed by atoms with Crippen molar-refractivity contribution < 1.29 is 36.9 Å². The molecule has 4 rings (SSSR count). The Morgan fingerprint density at radius 2 is 1.82 bits per heavy atom. The van der Waals surface area contributed by atoms with Crippen molar-refractivity contribution in [3.05, 3.63) is 53.3 Å². The highest BCUT2D eigenvalue weighted by Gasteiger charge is 2.48. The number of likely N-dealkylation sites (tertiary alicyclic amines) is 1. The van der Waals surface area contributed by atoms with Gasteiger partial charge >= 0.3 is 5.97 Å². The molecular formula is C28H38FN3O7S. The van der Waals surface area contributed by atoms with E-state index in [1.54, 1.807) is 18.2 Å². The van der Waals surface area contributed by atoms with E-state index in [0.717, 1.165) is 5.56 Å². The van der Waals surface area contributed by atoms with Crippen molar-refractivity contribution >= 4 is 16.0 Å². The van der Waals surface area contributed by atoms with E-state index < -0.39 is 39.7 Å². The van der Waals surface area contributed by atoms with Crippen LogP contribution >= 0.6 is 0 Å². The molecule has 2 aliphatic rings. The fourth-order valence-electron chi connectivity index (χ4n) is 5.51. The van der Waals surface area contributed by atoms with E-state index in [0.29, 0.717) is 43.1 Å². The first kappa shape index (κ1) is 30.0. The van der Waals surface area contributed by atoms with Crippen molar-refractivity contribution in [3.63, 3.8) is 0 Å². The Bertz CT molecular complexity index is 1310. The number of benzene rings is 2. The Hall–Kier alpha value is -2.93. The molecule has 2 heterocycles. The van der Waals surface area contributed by atoms with Crippen molar-refractivity contribution in [2.75, 3.05) is 66.5 Å². The third-order valence-corrected chi connectivity index (χ3v) is 9.38. The number of sulfonamides is 1. The standard InChI is InChI=1S/C28H38FN3O7S/c1-5-10-32(40(35,36)14-13-30(2)3)12-11-31-17-21(19-6-9-24-25(16-19)39-18-38-24)26(28(33)34)27(31)20-7-8-23(37-4)22(29)15-20/h6-9,15-16,21,26-27H,5,10-14,17-18H2,1-4H3,(H,33,34)/t21-,26+,27-/m1/s1. The highest BCUT2D eigenvalue weighted by molar-refractivity contribution is 7.89. The van der Waals surface area contributed by atoms with Gasteiger partial charge in [-0.25, -0.2) is 17.1 Å². The van der Waals surface area contributed by atoms with Crippen molar-refractivity contribution in [2.45, 2.75) is 25.3 Å². The van der Waals surface area contributed by atoms with Gasteiger partial charge in [-0.15, -0.1) is 0 Å². The van der Waals surface area contributed by atoms with E-state index in [9.17, 15) is 22.7 Å². The molecule has 12 heteroatoms. The number of ether oxygens (including phenoxy) is 3. The number of fused-ring (bicyclic) bond motifs is 1. The highest BCUT2D eigenvalue weighted by atomic mass is 32.2. The topological polar surface area (TPSA) is 109 Å². The van der Waals surface area contributed by atoms with Crippen molar-refractivity contribution in [2.24, 2.45) is 5.92 Å². The molecule has 0 aliphatic carbocycles. The zero-order valence-corrected chi connectivity index (χ0v) is 24.2. The average molecular weight is 580 g/mol. The van der Waals surface area contributed by atoms with Gasteiger partial charge in [-0.2, -0.15) is 0 Å². The first-order chi connectivity index (χ1) is 19.1. The lowest BCUT2D eigenvalue weighted by Gasteiger charge is -2.30. The molecule has 2 aromatic carbocycles. The zero-order chi connectivity index (χ0) is 29.0. The van der Waals surface area contributed by atoms with Crippen molar-refractivity contribution in [1.29, 1.82) is 0 Å². The van der Waals surface area contributed by atoms with Crippen LogP contribution in [0, 0.1) is 11.7 Å². The number of halogens is 1. The normalized spacial score (nSPS) is 20.9. The molecule has 3 atom stereocenters. The van der Waals surface area contributed by atoms with Gasteiger partial charge < -0.3 is 24.2 Å². The lowest BCUT2D eigenvalue weighted by atomic mass is 9.82. The van der Waals surface area contributed by atoms with Crippen LogP contribution in [0.1, 0.15) is 36.4 Å². The molecule has 0 bridgehead atoms. The van der Waals surface area contributed by atoms with Crippen molar-refractivity contribution in [3.8, 4) is 17.2 Å². The fraction of sp³-hybridized carbons (Fsp3) is 0.536. The Balaban J connectivity index is 1.68. The molecule has 0 saturated carbocycles. The largest absolute Gasteiger partial charge is 0.494 e. The molecule has 1 N–H and O–H groups in total. The molecule has 40 heavy (non-hydrogen) atoms. The van der Waals surface area contributed by atoms with E-state index in [1.807, 2.05) is 36.9 Å². The maximum absolute atomic E-state index is 14.8. The number of hydrogen-bond acceptors (Lipinski definition) is 8. The number of carbonyl (C=O) groups is 1. The minimum atomic E-state index is -3.53. The molecular weight excluding hydrogens is 541 g/mol. The third-order valence-electron chi connectivity index (χ3n) is 7.53. The fourth-order valence-corrected chi connectivity index (χ4v) is 7.19. The molecule has 1 saturated heterocycles. The van der Waals surface area contributed by atoms with Crippen LogP contribution in [0.25, 0.3) is 0 Å². The van der Waals surface area contributed by atoms with Crippen LogP contribution in [-0.2, 0) is 14.8 Å². The van der Waals surface area contributed by atoms with Crippen LogP contribution < -0.4 is 14.2 Å². The van der Waals surface area contributed by atoms with E-state index in [2.05, 4.69) is 0 Å². The summed E-state index contributed by atoms with van der Waals surface area (Å²) in [5.41, 5.74) is 1.26. The van der Waals surface area contributed by atoms with Gasteiger partial charge in [0.25, 0.3) is 0 Å². The number of carboxylic acids is 1. The SMILES string of the molecule is CCCN(CCN1C[C@H](c2ccc3c(c2)OCO3)[C@H](C(=O)O)[C@H]1c1ccc(OC)c(F)c1)S(=O)(=O)CCN(C)C. The van der Waals surface area contributed by atoms with E-state index >= 15 is 0 Å². The Kier molecular flexibility index (Phi) is 9.55. The van der Waals surface area contributed by atoms with Crippen LogP contribution in [0.2, 0.25) is 0 Å². The molecule has 10 nitrogen and oxygen atoms in total. The lowest BCUT2D eigenvalue weighted by Crippen LogP contribution is -2.42. The number of carboxylic acid groups (broad SMARTS) is 1. The summed E-state index contributed by atoms with van der Waals surface area (Å²) < 4.78 is 58.7. The predicted molar refractivity (Wildman–Crippen MR) is 148 cm³/mol. The lowest BCUT2D eigenvalue weighted by molar-refractivity contribution is -0.143. The molecule has 220 valence electrons. The molecule has 0 amide bonds. The van der Waals surface area contributed by atoms with Crippen LogP contribution in [0.15, 0.2) is 36.4 Å². The Morgan fingerprint density at radius 1 is 1.10 bits per heavy atom. The van der Waals surface area contributed by atoms with E-state index in [1.165, 1.54) is 23.5 Å². The smallest absolute Gasteiger partial charge is 0.309 e. The van der Waals surface area contributed by atoms with Gasteiger partial charge in [-0.1, -0.05) is 19.1 Å². The van der Waals surface area contributed by atoms with Crippen LogP contribution in [-0.4, -0.2) is 100 Å². The summed E-state index contributed by atoms with van der Waals surface area (Å²) in [6.45, 7) is 3.59. The average Bonchev–Trinajstić information content (AvgIpc) is 3.54. The van der Waals surface area contributed by atoms with Gasteiger partial charge in [-0.3, -0.25) is 9.69 Å². The second kappa shape index (κ2) is 12.7. The van der Waals surface area contributed by atoms with Gasteiger partial charge in [0.2, 0.25) is 16.8 Å². The maximum atomic E-state index is 14.8. The van der Waals surface area contributed by atoms with Crippen molar-refractivity contribution in [1.82, 2.24) is 14.1 Å². The summed E-state index contributed by atoms with van der Waals surface area (Å²) in [5.74, 6) is -1.78. The van der Waals surface area contributed by atoms with Crippen LogP contribution in [0.4, 0.5) is 4.39 Å². The van der Waals surface area contributed by atoms with Gasteiger partial charge in [0.15, 0.2) is 23.1 Å². The highest BCUT2D eigenvalue weighted by Crippen LogP contribution is 2.48. The quantitative estimate of drug-likeness (QED) is 0.383. The number of rotatable bonds is 13. The molecule has 0 spiro atoms. The molecule has 0 aromatic heterocycles. The maximum Gasteiger partial charge on any atom is 0.309 e. The van der Waals surface area contributed by atoms with Crippen LogP contribution in [0.3, 0.4) is 0 Å². The number of nitrogens with zero attached hydrogens (tertiary/aromatic N) is 3. The minimum Gasteiger partial charge on any atom is -0.494 e. The summed E-state index contributed by atoms with van der Waals surface area (Å²) >= 11 is 0. The summed E-state index contributed by atoms with van der Waals surface area (Å²) in [6, 6.07) is 9.18. The van der Waals surface area contributed by atoms with Gasteiger partial charge in [0.1, 0.15) is 0 Å². The van der Waals surface area contributed by atoms with Gasteiger partial charge in [0, 0.05) is 44.7 Å². The Morgan fingerprint density at radius 3 is 2.48 bits per heavy atom.